The molecule has 0 bridgehead atoms. The van der Waals surface area contributed by atoms with Crippen LogP contribution in [-0.2, 0) is 21.8 Å². The Morgan fingerprint density at radius 2 is 1.79 bits per heavy atom. The summed E-state index contributed by atoms with van der Waals surface area (Å²) in [6.45, 7) is 1.08. The summed E-state index contributed by atoms with van der Waals surface area (Å²) in [7, 11) is 0. The lowest BCUT2D eigenvalue weighted by atomic mass is 10.1. The molecule has 3 aromatic rings. The Balaban J connectivity index is 1.29. The third-order valence-corrected chi connectivity index (χ3v) is 5.80. The average molecular weight is 476 g/mol. The maximum Gasteiger partial charge on any atom is 0.257 e. The second kappa shape index (κ2) is 14.5. The Kier molecular flexibility index (Phi) is 10.7. The van der Waals surface area contributed by atoms with Crippen LogP contribution in [0.2, 0.25) is 0 Å². The van der Waals surface area contributed by atoms with E-state index in [-0.39, 0.29) is 18.4 Å². The van der Waals surface area contributed by atoms with Gasteiger partial charge in [0, 0.05) is 43.1 Å². The third kappa shape index (κ3) is 9.92. The Hall–Kier alpha value is -3.58. The van der Waals surface area contributed by atoms with Crippen LogP contribution in [0.5, 0.6) is 5.75 Å². The molecular weight excluding hydrogens is 446 g/mol. The zero-order valence-corrected chi connectivity index (χ0v) is 19.8. The summed E-state index contributed by atoms with van der Waals surface area (Å²) in [6.07, 6.45) is 7.27. The van der Waals surface area contributed by atoms with E-state index in [2.05, 4.69) is 27.8 Å². The normalized spacial score (nSPS) is 10.7. The Labute approximate surface area is 204 Å². The maximum atomic E-state index is 12.0. The monoisotopic (exact) mass is 475 g/mol. The number of carbonyl (C=O) groups is 2. The molecule has 0 saturated heterocycles. The molecule has 0 aliphatic carbocycles. The fourth-order valence-corrected chi connectivity index (χ4v) is 3.87. The Morgan fingerprint density at radius 1 is 0.941 bits per heavy atom. The SMILES string of the molecule is O=C(C=Cc1cccnc1)NCCc1cccc(OCC(=O)NCCSCc2ccccc2)c1. The summed E-state index contributed by atoms with van der Waals surface area (Å²) in [5.74, 6) is 2.11. The number of nitrogens with one attached hydrogen (secondary N) is 2. The molecule has 2 N–H and O–H groups in total. The number of carbonyl (C=O) groups excluding carboxylic acids is 2. The number of rotatable bonds is 13. The van der Waals surface area contributed by atoms with Gasteiger partial charge in [-0.25, -0.2) is 0 Å². The van der Waals surface area contributed by atoms with Crippen molar-refractivity contribution in [2.24, 2.45) is 0 Å². The van der Waals surface area contributed by atoms with Crippen LogP contribution in [-0.4, -0.2) is 42.2 Å². The van der Waals surface area contributed by atoms with Crippen LogP contribution in [0.4, 0.5) is 0 Å². The van der Waals surface area contributed by atoms with Gasteiger partial charge in [-0.3, -0.25) is 14.6 Å². The molecule has 34 heavy (non-hydrogen) atoms. The first-order valence-corrected chi connectivity index (χ1v) is 12.3. The molecule has 0 atom stereocenters. The molecule has 2 aromatic carbocycles. The summed E-state index contributed by atoms with van der Waals surface area (Å²) in [4.78, 5) is 28.0. The molecule has 0 radical (unpaired) electrons. The number of amides is 2. The van der Waals surface area contributed by atoms with Crippen molar-refractivity contribution in [3.8, 4) is 5.75 Å². The first kappa shape index (κ1) is 25.1. The van der Waals surface area contributed by atoms with Crippen LogP contribution in [0, 0.1) is 0 Å². The molecule has 0 saturated carbocycles. The summed E-state index contributed by atoms with van der Waals surface area (Å²) in [6, 6.07) is 21.5. The molecule has 0 aliphatic heterocycles. The summed E-state index contributed by atoms with van der Waals surface area (Å²) >= 11 is 1.78. The topological polar surface area (TPSA) is 80.3 Å². The van der Waals surface area contributed by atoms with E-state index < -0.39 is 0 Å². The minimum absolute atomic E-state index is 0.0251. The fraction of sp³-hybridized carbons (Fsp3) is 0.222. The molecule has 6 nitrogen and oxygen atoms in total. The highest BCUT2D eigenvalue weighted by Crippen LogP contribution is 2.14. The highest BCUT2D eigenvalue weighted by atomic mass is 32.2. The van der Waals surface area contributed by atoms with E-state index in [4.69, 9.17) is 4.74 Å². The van der Waals surface area contributed by atoms with Gasteiger partial charge in [-0.05, 0) is 47.4 Å². The molecular formula is C27H29N3O3S. The van der Waals surface area contributed by atoms with E-state index in [1.165, 1.54) is 11.6 Å². The van der Waals surface area contributed by atoms with E-state index >= 15 is 0 Å². The number of aromatic nitrogens is 1. The van der Waals surface area contributed by atoms with Crippen molar-refractivity contribution < 1.29 is 14.3 Å². The first-order chi connectivity index (χ1) is 16.7. The van der Waals surface area contributed by atoms with Gasteiger partial charge in [-0.1, -0.05) is 48.5 Å². The van der Waals surface area contributed by atoms with Crippen LogP contribution >= 0.6 is 11.8 Å². The van der Waals surface area contributed by atoms with Gasteiger partial charge >= 0.3 is 0 Å². The largest absolute Gasteiger partial charge is 0.484 e. The van der Waals surface area contributed by atoms with E-state index in [1.54, 1.807) is 30.2 Å². The molecule has 0 fully saturated rings. The number of thioether (sulfide) groups is 1. The highest BCUT2D eigenvalue weighted by Gasteiger charge is 2.04. The molecule has 0 spiro atoms. The number of nitrogens with zero attached hydrogens (tertiary/aromatic N) is 1. The highest BCUT2D eigenvalue weighted by molar-refractivity contribution is 7.98. The van der Waals surface area contributed by atoms with Gasteiger partial charge in [0.25, 0.3) is 5.91 Å². The smallest absolute Gasteiger partial charge is 0.257 e. The molecule has 7 heteroatoms. The van der Waals surface area contributed by atoms with E-state index in [0.717, 1.165) is 22.6 Å². The van der Waals surface area contributed by atoms with Gasteiger partial charge in [0.1, 0.15) is 5.75 Å². The summed E-state index contributed by atoms with van der Waals surface area (Å²) in [5.41, 5.74) is 3.17. The van der Waals surface area contributed by atoms with Crippen molar-refractivity contribution in [3.05, 3.63) is 102 Å². The predicted octanol–water partition coefficient (Wildman–Crippen LogP) is 3.88. The number of pyridine rings is 1. The minimum Gasteiger partial charge on any atom is -0.484 e. The van der Waals surface area contributed by atoms with Crippen molar-refractivity contribution in [2.45, 2.75) is 12.2 Å². The lowest BCUT2D eigenvalue weighted by Crippen LogP contribution is -2.30. The number of benzene rings is 2. The minimum atomic E-state index is -0.158. The van der Waals surface area contributed by atoms with Crippen molar-refractivity contribution in [1.29, 1.82) is 0 Å². The van der Waals surface area contributed by atoms with Crippen LogP contribution in [0.1, 0.15) is 16.7 Å². The Bertz CT molecular complexity index is 1060. The molecule has 0 aliphatic rings. The maximum absolute atomic E-state index is 12.0. The van der Waals surface area contributed by atoms with Crippen molar-refractivity contribution in [3.63, 3.8) is 0 Å². The van der Waals surface area contributed by atoms with Crippen LogP contribution in [0.3, 0.4) is 0 Å². The molecule has 1 aromatic heterocycles. The molecule has 176 valence electrons. The van der Waals surface area contributed by atoms with Crippen molar-refractivity contribution in [2.75, 3.05) is 25.4 Å². The van der Waals surface area contributed by atoms with E-state index in [0.29, 0.717) is 25.3 Å². The van der Waals surface area contributed by atoms with Gasteiger partial charge < -0.3 is 15.4 Å². The van der Waals surface area contributed by atoms with Crippen molar-refractivity contribution in [1.82, 2.24) is 15.6 Å². The van der Waals surface area contributed by atoms with Crippen LogP contribution < -0.4 is 15.4 Å². The van der Waals surface area contributed by atoms with Gasteiger partial charge in [0.2, 0.25) is 5.91 Å². The second-order valence-corrected chi connectivity index (χ2v) is 8.59. The lowest BCUT2D eigenvalue weighted by Gasteiger charge is -2.09. The number of ether oxygens (including phenoxy) is 1. The summed E-state index contributed by atoms with van der Waals surface area (Å²) in [5, 5.41) is 5.74. The molecule has 2 amide bonds. The van der Waals surface area contributed by atoms with E-state index in [1.807, 2.05) is 54.6 Å². The second-order valence-electron chi connectivity index (χ2n) is 7.48. The Morgan fingerprint density at radius 3 is 2.62 bits per heavy atom. The van der Waals surface area contributed by atoms with Crippen LogP contribution in [0.25, 0.3) is 6.08 Å². The number of hydrogen-bond donors (Lipinski definition) is 2. The number of hydrogen-bond acceptors (Lipinski definition) is 5. The quantitative estimate of drug-likeness (QED) is 0.290. The predicted molar refractivity (Wildman–Crippen MR) is 138 cm³/mol. The first-order valence-electron chi connectivity index (χ1n) is 11.1. The summed E-state index contributed by atoms with van der Waals surface area (Å²) < 4.78 is 5.63. The standard InChI is InChI=1S/C27H29N3O3S/c31-26(12-11-23-9-5-14-28-19-23)29-15-13-22-8-4-10-25(18-22)33-20-27(32)30-16-17-34-21-24-6-2-1-3-7-24/h1-12,14,18-19H,13,15-17,20-21H2,(H,29,31)(H,30,32). The van der Waals surface area contributed by atoms with Gasteiger partial charge in [-0.2, -0.15) is 11.8 Å². The molecule has 3 rings (SSSR count). The zero-order chi connectivity index (χ0) is 23.8. The van der Waals surface area contributed by atoms with Crippen LogP contribution in [0.15, 0.2) is 85.2 Å². The third-order valence-electron chi connectivity index (χ3n) is 4.77. The average Bonchev–Trinajstić information content (AvgIpc) is 2.87. The lowest BCUT2D eigenvalue weighted by molar-refractivity contribution is -0.123. The zero-order valence-electron chi connectivity index (χ0n) is 19.0. The van der Waals surface area contributed by atoms with E-state index in [9.17, 15) is 9.59 Å². The van der Waals surface area contributed by atoms with Gasteiger partial charge in [0.05, 0.1) is 0 Å². The molecule has 0 unspecified atom stereocenters. The van der Waals surface area contributed by atoms with Crippen molar-refractivity contribution >= 4 is 29.7 Å². The fourth-order valence-electron chi connectivity index (χ4n) is 3.05. The van der Waals surface area contributed by atoms with Gasteiger partial charge in [-0.15, -0.1) is 0 Å². The molecule has 1 heterocycles. The van der Waals surface area contributed by atoms with Gasteiger partial charge in [0.15, 0.2) is 6.61 Å².